The van der Waals surface area contributed by atoms with E-state index in [2.05, 4.69) is 15.5 Å². The van der Waals surface area contributed by atoms with Gasteiger partial charge in [-0.2, -0.15) is 0 Å². The Balaban J connectivity index is 2.32. The van der Waals surface area contributed by atoms with Crippen LogP contribution in [0, 0.1) is 0 Å². The molecule has 1 aliphatic heterocycles. The molecule has 0 saturated carbocycles. The molecule has 0 aromatic rings. The van der Waals surface area contributed by atoms with Crippen molar-refractivity contribution >= 4 is 5.91 Å². The van der Waals surface area contributed by atoms with Crippen molar-refractivity contribution in [1.29, 1.82) is 0 Å². The predicted octanol–water partition coefficient (Wildman–Crippen LogP) is -0.831. The normalized spacial score (nSPS) is 19.2. The molecular formula is C11H23N3O2. The zero-order valence-electron chi connectivity index (χ0n) is 10.3. The zero-order valence-corrected chi connectivity index (χ0v) is 10.3. The molecule has 5 heteroatoms. The molecule has 16 heavy (non-hydrogen) atoms. The summed E-state index contributed by atoms with van der Waals surface area (Å²) < 4.78 is 0. The van der Waals surface area contributed by atoms with Crippen LogP contribution < -0.4 is 10.6 Å². The fraction of sp³-hybridized carbons (Fsp3) is 0.909. The van der Waals surface area contributed by atoms with Crippen LogP contribution >= 0.6 is 0 Å². The predicted molar refractivity (Wildman–Crippen MR) is 63.2 cm³/mol. The molecule has 0 atom stereocenters. The Morgan fingerprint density at radius 1 is 1.44 bits per heavy atom. The number of carbonyl (C=O) groups excluding carboxylic acids is 1. The van der Waals surface area contributed by atoms with E-state index in [1.165, 1.54) is 0 Å². The number of aliphatic hydroxyl groups excluding tert-OH is 1. The number of carbonyl (C=O) groups is 1. The number of rotatable bonds is 4. The van der Waals surface area contributed by atoms with Crippen molar-refractivity contribution in [3.63, 3.8) is 0 Å². The average Bonchev–Trinajstić information content (AvgIpc) is 2.45. The molecule has 0 bridgehead atoms. The Kier molecular flexibility index (Phi) is 5.18. The first kappa shape index (κ1) is 13.4. The van der Waals surface area contributed by atoms with Gasteiger partial charge in [-0.25, -0.2) is 0 Å². The molecule has 1 heterocycles. The molecule has 0 aromatic heterocycles. The molecule has 1 fully saturated rings. The first-order chi connectivity index (χ1) is 7.53. The molecule has 0 aromatic carbocycles. The van der Waals surface area contributed by atoms with E-state index in [1.54, 1.807) is 0 Å². The van der Waals surface area contributed by atoms with Crippen LogP contribution in [-0.2, 0) is 4.79 Å². The second kappa shape index (κ2) is 6.18. The van der Waals surface area contributed by atoms with Crippen LogP contribution in [0.15, 0.2) is 0 Å². The van der Waals surface area contributed by atoms with Crippen molar-refractivity contribution in [2.45, 2.75) is 25.8 Å². The van der Waals surface area contributed by atoms with Gasteiger partial charge in [-0.3, -0.25) is 9.69 Å². The maximum atomic E-state index is 11.7. The lowest BCUT2D eigenvalue weighted by Crippen LogP contribution is -2.50. The first-order valence-corrected chi connectivity index (χ1v) is 5.88. The SMILES string of the molecule is CC(C)(CO)NC(=O)CN1CCCNCC1. The molecule has 0 aliphatic carbocycles. The summed E-state index contributed by atoms with van der Waals surface area (Å²) in [5.41, 5.74) is -0.527. The van der Waals surface area contributed by atoms with E-state index < -0.39 is 5.54 Å². The Morgan fingerprint density at radius 2 is 2.19 bits per heavy atom. The van der Waals surface area contributed by atoms with Crippen LogP contribution in [0.3, 0.4) is 0 Å². The largest absolute Gasteiger partial charge is 0.394 e. The fourth-order valence-electron chi connectivity index (χ4n) is 1.72. The zero-order chi connectivity index (χ0) is 12.0. The lowest BCUT2D eigenvalue weighted by molar-refractivity contribution is -0.124. The van der Waals surface area contributed by atoms with Crippen LogP contribution in [0.25, 0.3) is 0 Å². The van der Waals surface area contributed by atoms with Gasteiger partial charge < -0.3 is 15.7 Å². The minimum atomic E-state index is -0.527. The number of hydrogen-bond acceptors (Lipinski definition) is 4. The van der Waals surface area contributed by atoms with Gasteiger partial charge in [0, 0.05) is 13.1 Å². The smallest absolute Gasteiger partial charge is 0.234 e. The standard InChI is InChI=1S/C11H23N3O2/c1-11(2,9-15)13-10(16)8-14-6-3-4-12-5-7-14/h12,15H,3-9H2,1-2H3,(H,13,16). The lowest BCUT2D eigenvalue weighted by atomic mass is 10.1. The second-order valence-corrected chi connectivity index (χ2v) is 4.97. The molecule has 1 aliphatic rings. The van der Waals surface area contributed by atoms with E-state index in [1.807, 2.05) is 13.8 Å². The Labute approximate surface area is 97.2 Å². The van der Waals surface area contributed by atoms with Crippen molar-refractivity contribution < 1.29 is 9.90 Å². The Hall–Kier alpha value is -0.650. The highest BCUT2D eigenvalue weighted by Crippen LogP contribution is 2.00. The highest BCUT2D eigenvalue weighted by Gasteiger charge is 2.20. The van der Waals surface area contributed by atoms with Crippen molar-refractivity contribution in [3.05, 3.63) is 0 Å². The Bertz CT molecular complexity index is 223. The van der Waals surface area contributed by atoms with E-state index in [4.69, 9.17) is 5.11 Å². The van der Waals surface area contributed by atoms with E-state index in [-0.39, 0.29) is 12.5 Å². The van der Waals surface area contributed by atoms with Gasteiger partial charge >= 0.3 is 0 Å². The summed E-state index contributed by atoms with van der Waals surface area (Å²) in [6.45, 7) is 7.85. The van der Waals surface area contributed by atoms with Gasteiger partial charge in [-0.05, 0) is 33.4 Å². The monoisotopic (exact) mass is 229 g/mol. The third kappa shape index (κ3) is 4.92. The van der Waals surface area contributed by atoms with Crippen LogP contribution in [0.5, 0.6) is 0 Å². The van der Waals surface area contributed by atoms with Crippen molar-refractivity contribution in [3.8, 4) is 0 Å². The number of nitrogens with zero attached hydrogens (tertiary/aromatic N) is 1. The maximum Gasteiger partial charge on any atom is 0.234 e. The highest BCUT2D eigenvalue weighted by molar-refractivity contribution is 5.78. The van der Waals surface area contributed by atoms with Gasteiger partial charge in [0.2, 0.25) is 5.91 Å². The Morgan fingerprint density at radius 3 is 2.88 bits per heavy atom. The summed E-state index contributed by atoms with van der Waals surface area (Å²) >= 11 is 0. The van der Waals surface area contributed by atoms with E-state index in [0.29, 0.717) is 6.54 Å². The van der Waals surface area contributed by atoms with Gasteiger partial charge in [-0.1, -0.05) is 0 Å². The van der Waals surface area contributed by atoms with Gasteiger partial charge in [0.1, 0.15) is 0 Å². The highest BCUT2D eigenvalue weighted by atomic mass is 16.3. The third-order valence-corrected chi connectivity index (χ3v) is 2.67. The molecule has 5 nitrogen and oxygen atoms in total. The quantitative estimate of drug-likeness (QED) is 0.589. The molecular weight excluding hydrogens is 206 g/mol. The second-order valence-electron chi connectivity index (χ2n) is 4.97. The molecule has 1 amide bonds. The van der Waals surface area contributed by atoms with Crippen molar-refractivity contribution in [2.24, 2.45) is 0 Å². The maximum absolute atomic E-state index is 11.7. The molecule has 1 saturated heterocycles. The summed E-state index contributed by atoms with van der Waals surface area (Å²) in [4.78, 5) is 13.9. The molecule has 1 rings (SSSR count). The molecule has 0 spiro atoms. The number of aliphatic hydroxyl groups is 1. The fourth-order valence-corrected chi connectivity index (χ4v) is 1.72. The first-order valence-electron chi connectivity index (χ1n) is 5.88. The third-order valence-electron chi connectivity index (χ3n) is 2.67. The summed E-state index contributed by atoms with van der Waals surface area (Å²) in [5, 5.41) is 15.2. The number of nitrogens with one attached hydrogen (secondary N) is 2. The van der Waals surface area contributed by atoms with Crippen LogP contribution in [-0.4, -0.2) is 60.8 Å². The van der Waals surface area contributed by atoms with Crippen molar-refractivity contribution in [2.75, 3.05) is 39.3 Å². The number of amides is 1. The van der Waals surface area contributed by atoms with Crippen LogP contribution in [0.1, 0.15) is 20.3 Å². The minimum absolute atomic E-state index is 0.0130. The van der Waals surface area contributed by atoms with Gasteiger partial charge in [0.15, 0.2) is 0 Å². The summed E-state index contributed by atoms with van der Waals surface area (Å²) in [6.07, 6.45) is 1.08. The number of hydrogen-bond donors (Lipinski definition) is 3. The van der Waals surface area contributed by atoms with E-state index in [9.17, 15) is 4.79 Å². The summed E-state index contributed by atoms with van der Waals surface area (Å²) in [5.74, 6) is -0.0130. The molecule has 94 valence electrons. The molecule has 3 N–H and O–H groups in total. The van der Waals surface area contributed by atoms with Gasteiger partial charge in [0.05, 0.1) is 18.7 Å². The van der Waals surface area contributed by atoms with Crippen LogP contribution in [0.4, 0.5) is 0 Å². The van der Waals surface area contributed by atoms with Gasteiger partial charge in [-0.15, -0.1) is 0 Å². The summed E-state index contributed by atoms with van der Waals surface area (Å²) in [6, 6.07) is 0. The lowest BCUT2D eigenvalue weighted by Gasteiger charge is -2.26. The van der Waals surface area contributed by atoms with Gasteiger partial charge in [0.25, 0.3) is 0 Å². The van der Waals surface area contributed by atoms with Crippen LogP contribution in [0.2, 0.25) is 0 Å². The molecule has 0 radical (unpaired) electrons. The topological polar surface area (TPSA) is 64.6 Å². The van der Waals surface area contributed by atoms with E-state index in [0.717, 1.165) is 32.6 Å². The van der Waals surface area contributed by atoms with E-state index >= 15 is 0 Å². The minimum Gasteiger partial charge on any atom is -0.394 e. The molecule has 0 unspecified atom stereocenters. The van der Waals surface area contributed by atoms with Crippen molar-refractivity contribution in [1.82, 2.24) is 15.5 Å². The average molecular weight is 229 g/mol. The summed E-state index contributed by atoms with van der Waals surface area (Å²) in [7, 11) is 0.